The normalized spacial score (nSPS) is 16.9. The Morgan fingerprint density at radius 1 is 0.964 bits per heavy atom. The van der Waals surface area contributed by atoms with Crippen LogP contribution < -0.4 is 10.6 Å². The predicted octanol–water partition coefficient (Wildman–Crippen LogP) is 2.82. The van der Waals surface area contributed by atoms with Gasteiger partial charge in [-0.2, -0.15) is 0 Å². The Hall–Kier alpha value is -3.19. The van der Waals surface area contributed by atoms with Crippen LogP contribution in [-0.4, -0.2) is 46.9 Å². The molecule has 7 heteroatoms. The van der Waals surface area contributed by atoms with Gasteiger partial charge in [0.1, 0.15) is 6.04 Å². The molecule has 0 bridgehead atoms. The summed E-state index contributed by atoms with van der Waals surface area (Å²) in [7, 11) is 0. The number of para-hydroxylation sites is 2. The standard InChI is InChI=1S/C21H23N3O4/c25-19(14-24-13-7-6-12-18(24)21(27)28)23-17-11-5-4-10-16(17)20(26)22-15-8-2-1-3-9-15/h1-5,8-11,18H,6-7,12-14H2,(H,22,26)(H,23,25)(H,27,28). The van der Waals surface area contributed by atoms with Crippen LogP contribution >= 0.6 is 0 Å². The van der Waals surface area contributed by atoms with E-state index in [4.69, 9.17) is 0 Å². The Kier molecular flexibility index (Phi) is 6.39. The SMILES string of the molecule is O=C(CN1CCCCC1C(=O)O)Nc1ccccc1C(=O)Nc1ccccc1. The predicted molar refractivity (Wildman–Crippen MR) is 106 cm³/mol. The highest BCUT2D eigenvalue weighted by atomic mass is 16.4. The van der Waals surface area contributed by atoms with E-state index in [1.165, 1.54) is 0 Å². The summed E-state index contributed by atoms with van der Waals surface area (Å²) in [6.45, 7) is 0.548. The minimum absolute atomic E-state index is 0.0222. The van der Waals surface area contributed by atoms with Crippen molar-refractivity contribution in [1.29, 1.82) is 0 Å². The highest BCUT2D eigenvalue weighted by molar-refractivity contribution is 6.10. The number of likely N-dealkylation sites (tertiary alicyclic amines) is 1. The lowest BCUT2D eigenvalue weighted by Crippen LogP contribution is -2.47. The second-order valence-corrected chi connectivity index (χ2v) is 6.73. The molecule has 146 valence electrons. The zero-order valence-corrected chi connectivity index (χ0v) is 15.4. The molecule has 3 rings (SSSR count). The van der Waals surface area contributed by atoms with Gasteiger partial charge in [-0.1, -0.05) is 36.8 Å². The summed E-state index contributed by atoms with van der Waals surface area (Å²) < 4.78 is 0. The molecule has 1 heterocycles. The number of nitrogens with zero attached hydrogens (tertiary/aromatic N) is 1. The first-order valence-electron chi connectivity index (χ1n) is 9.27. The van der Waals surface area contributed by atoms with Gasteiger partial charge in [0, 0.05) is 5.69 Å². The van der Waals surface area contributed by atoms with Gasteiger partial charge in [-0.3, -0.25) is 19.3 Å². The molecule has 1 unspecified atom stereocenters. The number of benzene rings is 2. The van der Waals surface area contributed by atoms with Gasteiger partial charge in [0.2, 0.25) is 5.91 Å². The molecule has 1 aliphatic heterocycles. The van der Waals surface area contributed by atoms with Crippen LogP contribution in [0.5, 0.6) is 0 Å². The van der Waals surface area contributed by atoms with Crippen molar-refractivity contribution >= 4 is 29.2 Å². The van der Waals surface area contributed by atoms with E-state index in [1.54, 1.807) is 41.3 Å². The molecule has 0 spiro atoms. The van der Waals surface area contributed by atoms with E-state index in [0.29, 0.717) is 29.9 Å². The average molecular weight is 381 g/mol. The average Bonchev–Trinajstić information content (AvgIpc) is 2.69. The number of nitrogens with one attached hydrogen (secondary N) is 2. The minimum atomic E-state index is -0.907. The molecule has 7 nitrogen and oxygen atoms in total. The maximum absolute atomic E-state index is 12.6. The van der Waals surface area contributed by atoms with Gasteiger partial charge >= 0.3 is 5.97 Å². The Labute approximate surface area is 163 Å². The Morgan fingerprint density at radius 2 is 1.68 bits per heavy atom. The number of carbonyl (C=O) groups excluding carboxylic acids is 2. The summed E-state index contributed by atoms with van der Waals surface area (Å²) in [4.78, 5) is 38.2. The first-order chi connectivity index (χ1) is 13.5. The number of hydrogen-bond acceptors (Lipinski definition) is 4. The lowest BCUT2D eigenvalue weighted by Gasteiger charge is -2.32. The molecular weight excluding hydrogens is 358 g/mol. The molecule has 2 aromatic rings. The van der Waals surface area contributed by atoms with Crippen molar-refractivity contribution in [2.75, 3.05) is 23.7 Å². The van der Waals surface area contributed by atoms with Crippen molar-refractivity contribution in [3.05, 3.63) is 60.2 Å². The molecule has 0 aliphatic carbocycles. The van der Waals surface area contributed by atoms with Gasteiger partial charge in [0.15, 0.2) is 0 Å². The van der Waals surface area contributed by atoms with Crippen molar-refractivity contribution in [2.45, 2.75) is 25.3 Å². The third kappa shape index (κ3) is 4.95. The summed E-state index contributed by atoms with van der Waals surface area (Å²) in [5.41, 5.74) is 1.39. The first-order valence-corrected chi connectivity index (χ1v) is 9.27. The van der Waals surface area contributed by atoms with Crippen LogP contribution in [0, 0.1) is 0 Å². The molecule has 1 aliphatic rings. The van der Waals surface area contributed by atoms with E-state index >= 15 is 0 Å². The van der Waals surface area contributed by atoms with Crippen LogP contribution in [0.3, 0.4) is 0 Å². The summed E-state index contributed by atoms with van der Waals surface area (Å²) in [5, 5.41) is 14.9. The fourth-order valence-electron chi connectivity index (χ4n) is 3.34. The first kappa shape index (κ1) is 19.6. The van der Waals surface area contributed by atoms with Crippen molar-refractivity contribution in [1.82, 2.24) is 4.90 Å². The van der Waals surface area contributed by atoms with E-state index in [9.17, 15) is 19.5 Å². The molecule has 28 heavy (non-hydrogen) atoms. The number of piperidine rings is 1. The lowest BCUT2D eigenvalue weighted by molar-refractivity contribution is -0.145. The summed E-state index contributed by atoms with van der Waals surface area (Å²) in [6, 6.07) is 15.2. The van der Waals surface area contributed by atoms with Crippen LogP contribution in [0.2, 0.25) is 0 Å². The highest BCUT2D eigenvalue weighted by Gasteiger charge is 2.29. The van der Waals surface area contributed by atoms with Crippen molar-refractivity contribution < 1.29 is 19.5 Å². The topological polar surface area (TPSA) is 98.7 Å². The van der Waals surface area contributed by atoms with Crippen molar-refractivity contribution in [2.24, 2.45) is 0 Å². The van der Waals surface area contributed by atoms with Crippen LogP contribution in [0.15, 0.2) is 54.6 Å². The fourth-order valence-corrected chi connectivity index (χ4v) is 3.34. The molecule has 3 N–H and O–H groups in total. The van der Waals surface area contributed by atoms with Gasteiger partial charge in [0.25, 0.3) is 5.91 Å². The summed E-state index contributed by atoms with van der Waals surface area (Å²) >= 11 is 0. The van der Waals surface area contributed by atoms with Crippen LogP contribution in [0.1, 0.15) is 29.6 Å². The quantitative estimate of drug-likeness (QED) is 0.715. The number of amides is 2. The molecule has 2 amide bonds. The number of carboxylic acid groups (broad SMARTS) is 1. The molecule has 0 saturated carbocycles. The monoisotopic (exact) mass is 381 g/mol. The number of anilines is 2. The summed E-state index contributed by atoms with van der Waals surface area (Å²) in [5.74, 6) is -1.58. The maximum Gasteiger partial charge on any atom is 0.320 e. The Morgan fingerprint density at radius 3 is 2.43 bits per heavy atom. The number of carboxylic acids is 1. The van der Waals surface area contributed by atoms with Crippen LogP contribution in [0.25, 0.3) is 0 Å². The van der Waals surface area contributed by atoms with Crippen LogP contribution in [-0.2, 0) is 9.59 Å². The number of rotatable bonds is 6. The second-order valence-electron chi connectivity index (χ2n) is 6.73. The number of aliphatic carboxylic acids is 1. The molecule has 2 aromatic carbocycles. The molecule has 1 saturated heterocycles. The zero-order valence-electron chi connectivity index (χ0n) is 15.4. The van der Waals surface area contributed by atoms with Gasteiger partial charge in [-0.25, -0.2) is 0 Å². The number of hydrogen-bond donors (Lipinski definition) is 3. The lowest BCUT2D eigenvalue weighted by atomic mass is 10.0. The van der Waals surface area contributed by atoms with E-state index in [-0.39, 0.29) is 18.4 Å². The molecule has 1 fully saturated rings. The maximum atomic E-state index is 12.6. The van der Waals surface area contributed by atoms with Gasteiger partial charge < -0.3 is 15.7 Å². The Bertz CT molecular complexity index is 854. The zero-order chi connectivity index (χ0) is 19.9. The van der Waals surface area contributed by atoms with Crippen LogP contribution in [0.4, 0.5) is 11.4 Å². The molecule has 1 atom stereocenters. The van der Waals surface area contributed by atoms with Crippen molar-refractivity contribution in [3.8, 4) is 0 Å². The third-order valence-corrected chi connectivity index (χ3v) is 4.72. The van der Waals surface area contributed by atoms with Gasteiger partial charge in [-0.15, -0.1) is 0 Å². The fraction of sp³-hybridized carbons (Fsp3) is 0.286. The van der Waals surface area contributed by atoms with Gasteiger partial charge in [0.05, 0.1) is 17.8 Å². The minimum Gasteiger partial charge on any atom is -0.480 e. The Balaban J connectivity index is 1.68. The van der Waals surface area contributed by atoms with E-state index < -0.39 is 12.0 Å². The van der Waals surface area contributed by atoms with E-state index in [2.05, 4.69) is 10.6 Å². The smallest absolute Gasteiger partial charge is 0.320 e. The molecule has 0 radical (unpaired) electrons. The summed E-state index contributed by atoms with van der Waals surface area (Å²) in [6.07, 6.45) is 2.25. The van der Waals surface area contributed by atoms with E-state index in [1.807, 2.05) is 18.2 Å². The molecular formula is C21H23N3O4. The number of carbonyl (C=O) groups is 3. The molecule has 0 aromatic heterocycles. The largest absolute Gasteiger partial charge is 0.480 e. The van der Waals surface area contributed by atoms with E-state index in [0.717, 1.165) is 12.8 Å². The van der Waals surface area contributed by atoms with Gasteiger partial charge in [-0.05, 0) is 43.7 Å². The van der Waals surface area contributed by atoms with Crippen molar-refractivity contribution in [3.63, 3.8) is 0 Å². The second kappa shape index (κ2) is 9.14. The third-order valence-electron chi connectivity index (χ3n) is 4.72. The highest BCUT2D eigenvalue weighted by Crippen LogP contribution is 2.19.